The van der Waals surface area contributed by atoms with Gasteiger partial charge in [-0.2, -0.15) is 0 Å². The Balaban J connectivity index is 3.86. The van der Waals surface area contributed by atoms with E-state index in [9.17, 15) is 25.2 Å². The van der Waals surface area contributed by atoms with E-state index in [0.29, 0.717) is 19.3 Å². The minimum absolute atomic E-state index is 0.361. The molecule has 0 bridgehead atoms. The van der Waals surface area contributed by atoms with Crippen LogP contribution < -0.4 is 5.32 Å². The number of rotatable bonds is 37. The number of hydrogen-bond acceptors (Lipinski definition) is 5. The van der Waals surface area contributed by atoms with Crippen molar-refractivity contribution < 1.29 is 25.2 Å². The van der Waals surface area contributed by atoms with Crippen molar-refractivity contribution in [3.05, 3.63) is 36.5 Å². The van der Waals surface area contributed by atoms with Crippen molar-refractivity contribution in [3.63, 3.8) is 0 Å². The zero-order valence-electron chi connectivity index (χ0n) is 32.2. The van der Waals surface area contributed by atoms with Gasteiger partial charge in [0.05, 0.1) is 18.8 Å². The van der Waals surface area contributed by atoms with E-state index in [0.717, 1.165) is 51.4 Å². The summed E-state index contributed by atoms with van der Waals surface area (Å²) >= 11 is 0. The maximum Gasteiger partial charge on any atom is 0.249 e. The highest BCUT2D eigenvalue weighted by Crippen LogP contribution is 2.15. The molecule has 0 radical (unpaired) electrons. The summed E-state index contributed by atoms with van der Waals surface area (Å²) < 4.78 is 0. The van der Waals surface area contributed by atoms with Crippen LogP contribution in [0.25, 0.3) is 0 Å². The number of allylic oxidation sites excluding steroid dienone is 6. The monoisotopic (exact) mass is 692 g/mol. The zero-order valence-corrected chi connectivity index (χ0v) is 32.2. The molecule has 0 fully saturated rings. The molecule has 0 saturated heterocycles. The number of carbonyl (C=O) groups excluding carboxylic acids is 1. The second-order valence-corrected chi connectivity index (χ2v) is 14.3. The van der Waals surface area contributed by atoms with Crippen molar-refractivity contribution in [3.8, 4) is 0 Å². The maximum atomic E-state index is 12.5. The molecule has 0 aromatic rings. The molecule has 4 unspecified atom stereocenters. The summed E-state index contributed by atoms with van der Waals surface area (Å²) in [6.45, 7) is 4.01. The van der Waals surface area contributed by atoms with E-state index in [4.69, 9.17) is 0 Å². The lowest BCUT2D eigenvalue weighted by atomic mass is 10.00. The molecule has 0 aliphatic rings. The molecule has 1 amide bonds. The summed E-state index contributed by atoms with van der Waals surface area (Å²) in [5.74, 6) is -0.600. The fourth-order valence-corrected chi connectivity index (χ4v) is 6.20. The van der Waals surface area contributed by atoms with Crippen molar-refractivity contribution in [1.82, 2.24) is 5.32 Å². The molecular weight excluding hydrogens is 610 g/mol. The first-order valence-corrected chi connectivity index (χ1v) is 20.9. The number of unbranched alkanes of at least 4 members (excludes halogenated alkanes) is 22. The Morgan fingerprint density at radius 2 is 0.857 bits per heavy atom. The van der Waals surface area contributed by atoms with Gasteiger partial charge in [0.25, 0.3) is 0 Å². The van der Waals surface area contributed by atoms with Crippen molar-refractivity contribution in [2.24, 2.45) is 0 Å². The second-order valence-electron chi connectivity index (χ2n) is 14.3. The molecule has 5 N–H and O–H groups in total. The summed E-state index contributed by atoms with van der Waals surface area (Å²) in [5.41, 5.74) is 0. The summed E-state index contributed by atoms with van der Waals surface area (Å²) in [6.07, 6.45) is 43.1. The van der Waals surface area contributed by atoms with Gasteiger partial charge in [0, 0.05) is 0 Å². The van der Waals surface area contributed by atoms with E-state index < -0.39 is 36.9 Å². The Labute approximate surface area is 303 Å². The van der Waals surface area contributed by atoms with Gasteiger partial charge in [-0.25, -0.2) is 0 Å². The number of nitrogens with one attached hydrogen (secondary N) is 1. The largest absolute Gasteiger partial charge is 0.394 e. The molecule has 0 heterocycles. The third-order valence-electron chi connectivity index (χ3n) is 9.56. The van der Waals surface area contributed by atoms with Gasteiger partial charge in [0.15, 0.2) is 0 Å². The molecule has 6 heteroatoms. The van der Waals surface area contributed by atoms with Gasteiger partial charge in [-0.3, -0.25) is 4.79 Å². The van der Waals surface area contributed by atoms with Gasteiger partial charge < -0.3 is 25.7 Å². The van der Waals surface area contributed by atoms with Gasteiger partial charge in [-0.05, 0) is 64.2 Å². The lowest BCUT2D eigenvalue weighted by Gasteiger charge is -2.27. The van der Waals surface area contributed by atoms with E-state index in [-0.39, 0.29) is 0 Å². The van der Waals surface area contributed by atoms with Crippen LogP contribution in [0.2, 0.25) is 0 Å². The molecule has 4 atom stereocenters. The van der Waals surface area contributed by atoms with E-state index in [1.165, 1.54) is 116 Å². The zero-order chi connectivity index (χ0) is 36.0. The Hall–Kier alpha value is -1.47. The smallest absolute Gasteiger partial charge is 0.249 e. The Bertz CT molecular complexity index is 782. The summed E-state index contributed by atoms with van der Waals surface area (Å²) in [5, 5.41) is 43.5. The fraction of sp³-hybridized carbons (Fsp3) is 0.837. The van der Waals surface area contributed by atoms with Crippen LogP contribution in [0.15, 0.2) is 36.5 Å². The molecule has 49 heavy (non-hydrogen) atoms. The number of aliphatic hydroxyl groups is 4. The number of hydrogen-bond donors (Lipinski definition) is 5. The van der Waals surface area contributed by atoms with Crippen LogP contribution in [-0.2, 0) is 4.79 Å². The molecule has 0 aliphatic heterocycles. The Kier molecular flexibility index (Phi) is 36.6. The standard InChI is InChI=1S/C43H81NO5/c1-3-5-7-9-11-13-15-17-19-20-21-22-23-25-26-28-30-32-34-36-40(46)42(48)39(38-45)44-43(49)41(47)37-35-33-31-29-27-24-18-16-14-12-10-8-6-4-2/h17,19,22-23,28,30,39-42,45-48H,3-16,18,20-21,24-27,29,31-38H2,1-2H3,(H,44,49)/b19-17+,23-22+,30-28+. The second kappa shape index (κ2) is 37.8. The predicted octanol–water partition coefficient (Wildman–Crippen LogP) is 10.6. The Morgan fingerprint density at radius 3 is 1.29 bits per heavy atom. The van der Waals surface area contributed by atoms with Crippen LogP contribution >= 0.6 is 0 Å². The quantitative estimate of drug-likeness (QED) is 0.0329. The molecule has 0 saturated carbocycles. The lowest BCUT2D eigenvalue weighted by molar-refractivity contribution is -0.132. The normalized spacial score (nSPS) is 14.7. The van der Waals surface area contributed by atoms with Gasteiger partial charge in [0.2, 0.25) is 5.91 Å². The predicted molar refractivity (Wildman–Crippen MR) is 210 cm³/mol. The molecule has 6 nitrogen and oxygen atoms in total. The van der Waals surface area contributed by atoms with Crippen LogP contribution in [0.5, 0.6) is 0 Å². The highest BCUT2D eigenvalue weighted by molar-refractivity contribution is 5.80. The topological polar surface area (TPSA) is 110 Å². The van der Waals surface area contributed by atoms with E-state index >= 15 is 0 Å². The van der Waals surface area contributed by atoms with Gasteiger partial charge in [-0.1, -0.05) is 172 Å². The van der Waals surface area contributed by atoms with Gasteiger partial charge >= 0.3 is 0 Å². The van der Waals surface area contributed by atoms with E-state index in [1.807, 2.05) is 0 Å². The first-order chi connectivity index (χ1) is 24.0. The third-order valence-corrected chi connectivity index (χ3v) is 9.56. The van der Waals surface area contributed by atoms with Crippen LogP contribution in [0.4, 0.5) is 0 Å². The molecule has 0 aromatic carbocycles. The molecular formula is C43H81NO5. The summed E-state index contributed by atoms with van der Waals surface area (Å²) in [7, 11) is 0. The van der Waals surface area contributed by atoms with Gasteiger partial charge in [-0.15, -0.1) is 0 Å². The maximum absolute atomic E-state index is 12.5. The number of amides is 1. The van der Waals surface area contributed by atoms with Crippen LogP contribution in [0.1, 0.15) is 200 Å². The van der Waals surface area contributed by atoms with Crippen LogP contribution in [0.3, 0.4) is 0 Å². The molecule has 0 aromatic heterocycles. The van der Waals surface area contributed by atoms with Crippen molar-refractivity contribution in [2.45, 2.75) is 224 Å². The van der Waals surface area contributed by atoms with Crippen LogP contribution in [-0.4, -0.2) is 57.3 Å². The van der Waals surface area contributed by atoms with Crippen molar-refractivity contribution >= 4 is 5.91 Å². The van der Waals surface area contributed by atoms with E-state index in [1.54, 1.807) is 0 Å². The van der Waals surface area contributed by atoms with Gasteiger partial charge in [0.1, 0.15) is 12.2 Å². The molecule has 0 spiro atoms. The first kappa shape index (κ1) is 47.5. The highest BCUT2D eigenvalue weighted by atomic mass is 16.3. The van der Waals surface area contributed by atoms with E-state index in [2.05, 4.69) is 55.6 Å². The van der Waals surface area contributed by atoms with Crippen molar-refractivity contribution in [2.75, 3.05) is 6.61 Å². The minimum Gasteiger partial charge on any atom is -0.394 e. The minimum atomic E-state index is -1.29. The van der Waals surface area contributed by atoms with Crippen molar-refractivity contribution in [1.29, 1.82) is 0 Å². The summed E-state index contributed by atoms with van der Waals surface area (Å²) in [6, 6.07) is -1.01. The Morgan fingerprint density at radius 1 is 0.490 bits per heavy atom. The number of carbonyl (C=O) groups is 1. The highest BCUT2D eigenvalue weighted by Gasteiger charge is 2.28. The molecule has 288 valence electrons. The van der Waals surface area contributed by atoms with Crippen LogP contribution in [0, 0.1) is 0 Å². The lowest BCUT2D eigenvalue weighted by Crippen LogP contribution is -2.53. The fourth-order valence-electron chi connectivity index (χ4n) is 6.20. The average Bonchev–Trinajstić information content (AvgIpc) is 3.11. The molecule has 0 rings (SSSR count). The number of aliphatic hydroxyl groups excluding tert-OH is 4. The SMILES string of the molecule is CCCCCCCC/C=C/CC/C=C/CC/C=C/CCCC(O)C(O)C(CO)NC(=O)C(O)CCCCCCCCCCCCCCCC. The molecule has 0 aliphatic carbocycles. The third kappa shape index (κ3) is 32.2. The summed E-state index contributed by atoms with van der Waals surface area (Å²) in [4.78, 5) is 12.5. The first-order valence-electron chi connectivity index (χ1n) is 20.9. The average molecular weight is 692 g/mol.